The van der Waals surface area contributed by atoms with E-state index in [9.17, 15) is 9.59 Å². The van der Waals surface area contributed by atoms with Crippen LogP contribution in [0.2, 0.25) is 0 Å². The summed E-state index contributed by atoms with van der Waals surface area (Å²) in [5, 5.41) is 8.94. The van der Waals surface area contributed by atoms with Crippen LogP contribution in [0.3, 0.4) is 0 Å². The summed E-state index contributed by atoms with van der Waals surface area (Å²) in [5.74, 6) is -0.0186. The highest BCUT2D eigenvalue weighted by Crippen LogP contribution is 2.31. The molecule has 0 radical (unpaired) electrons. The fourth-order valence-corrected chi connectivity index (χ4v) is 2.51. The molecule has 0 unspecified atom stereocenters. The quantitative estimate of drug-likeness (QED) is 0.772. The molecule has 0 aliphatic carbocycles. The van der Waals surface area contributed by atoms with Gasteiger partial charge in [-0.2, -0.15) is 0 Å². The highest BCUT2D eigenvalue weighted by molar-refractivity contribution is 7.99. The van der Waals surface area contributed by atoms with Crippen LogP contribution in [-0.2, 0) is 15.3 Å². The van der Waals surface area contributed by atoms with E-state index in [4.69, 9.17) is 15.3 Å². The Hall–Kier alpha value is -1.47. The van der Waals surface area contributed by atoms with E-state index in [1.807, 2.05) is 0 Å². The number of rotatable bonds is 6. The Bertz CT molecular complexity index is 509. The van der Waals surface area contributed by atoms with E-state index in [0.717, 1.165) is 0 Å². The van der Waals surface area contributed by atoms with Crippen molar-refractivity contribution in [3.63, 3.8) is 0 Å². The molecule has 1 aromatic rings. The van der Waals surface area contributed by atoms with E-state index in [1.165, 1.54) is 18.9 Å². The number of furan rings is 1. The number of carboxylic acids is 1. The molecule has 112 valence electrons. The van der Waals surface area contributed by atoms with Crippen molar-refractivity contribution in [1.82, 2.24) is 0 Å². The van der Waals surface area contributed by atoms with Gasteiger partial charge in [0.15, 0.2) is 0 Å². The summed E-state index contributed by atoms with van der Waals surface area (Å²) >= 11 is 1.36. The molecule has 0 saturated heterocycles. The van der Waals surface area contributed by atoms with Gasteiger partial charge in [0.2, 0.25) is 0 Å². The third kappa shape index (κ3) is 3.77. The lowest BCUT2D eigenvalue weighted by atomic mass is 10.1. The summed E-state index contributed by atoms with van der Waals surface area (Å²) in [6.45, 7) is 5.19. The number of carbonyl (C=O) groups is 2. The molecular weight excluding hydrogens is 282 g/mol. The molecule has 20 heavy (non-hydrogen) atoms. The number of aryl methyl sites for hydroxylation is 1. The molecule has 1 heterocycles. The van der Waals surface area contributed by atoms with Crippen LogP contribution in [0, 0.1) is 6.92 Å². The minimum Gasteiger partial charge on any atom is -0.480 e. The summed E-state index contributed by atoms with van der Waals surface area (Å²) in [5.41, 5.74) is 6.02. The Labute approximate surface area is 121 Å². The van der Waals surface area contributed by atoms with Gasteiger partial charge in [0, 0.05) is 4.75 Å². The van der Waals surface area contributed by atoms with Gasteiger partial charge < -0.3 is 20.0 Å². The van der Waals surface area contributed by atoms with Crippen LogP contribution in [-0.4, -0.2) is 34.9 Å². The lowest BCUT2D eigenvalue weighted by Crippen LogP contribution is -2.46. The molecule has 0 saturated carbocycles. The standard InChI is InChI=1S/C13H19NO5S/c1-7-9(12(17)18-4)5-8(19-7)6-20-13(2,3)10(14)11(15)16/h5,10H,6,14H2,1-4H3,(H,15,16)/t10-/m1/s1. The molecule has 7 heteroatoms. The Balaban J connectivity index is 2.76. The van der Waals surface area contributed by atoms with E-state index in [0.29, 0.717) is 22.8 Å². The molecule has 0 spiro atoms. The summed E-state index contributed by atoms with van der Waals surface area (Å²) in [4.78, 5) is 22.4. The monoisotopic (exact) mass is 301 g/mol. The number of carbonyl (C=O) groups excluding carboxylic acids is 1. The fourth-order valence-electron chi connectivity index (χ4n) is 1.57. The zero-order valence-corrected chi connectivity index (χ0v) is 12.7. The molecule has 0 amide bonds. The van der Waals surface area contributed by atoms with Crippen molar-refractivity contribution in [2.75, 3.05) is 7.11 Å². The van der Waals surface area contributed by atoms with Gasteiger partial charge >= 0.3 is 11.9 Å². The predicted molar refractivity (Wildman–Crippen MR) is 75.8 cm³/mol. The second-order valence-electron chi connectivity index (χ2n) is 4.88. The van der Waals surface area contributed by atoms with Crippen LogP contribution in [0.4, 0.5) is 0 Å². The largest absolute Gasteiger partial charge is 0.480 e. The molecule has 0 fully saturated rings. The molecule has 0 aliphatic heterocycles. The van der Waals surface area contributed by atoms with Crippen molar-refractivity contribution in [1.29, 1.82) is 0 Å². The summed E-state index contributed by atoms with van der Waals surface area (Å²) in [6, 6.07) is 0.625. The molecule has 6 nitrogen and oxygen atoms in total. The molecule has 1 atom stereocenters. The molecule has 1 aromatic heterocycles. The van der Waals surface area contributed by atoms with Gasteiger partial charge in [0.25, 0.3) is 0 Å². The lowest BCUT2D eigenvalue weighted by molar-refractivity contribution is -0.139. The minimum atomic E-state index is -1.05. The maximum Gasteiger partial charge on any atom is 0.341 e. The Morgan fingerprint density at radius 3 is 2.65 bits per heavy atom. The molecule has 1 rings (SSSR count). The van der Waals surface area contributed by atoms with Crippen molar-refractivity contribution >= 4 is 23.7 Å². The SMILES string of the molecule is COC(=O)c1cc(CSC(C)(C)[C@H](N)C(=O)O)oc1C. The average molecular weight is 301 g/mol. The topological polar surface area (TPSA) is 103 Å². The van der Waals surface area contributed by atoms with Gasteiger partial charge in [-0.3, -0.25) is 4.79 Å². The van der Waals surface area contributed by atoms with E-state index in [1.54, 1.807) is 26.8 Å². The zero-order chi connectivity index (χ0) is 15.5. The first kappa shape index (κ1) is 16.6. The van der Waals surface area contributed by atoms with Gasteiger partial charge in [-0.15, -0.1) is 11.8 Å². The second kappa shape index (κ2) is 6.32. The second-order valence-corrected chi connectivity index (χ2v) is 6.51. The van der Waals surface area contributed by atoms with Crippen LogP contribution >= 0.6 is 11.8 Å². The predicted octanol–water partition coefficient (Wildman–Crippen LogP) is 1.80. The lowest BCUT2D eigenvalue weighted by Gasteiger charge is -2.27. The van der Waals surface area contributed by atoms with Gasteiger partial charge in [-0.05, 0) is 26.8 Å². The minimum absolute atomic E-state index is 0.378. The van der Waals surface area contributed by atoms with Gasteiger partial charge in [0.05, 0.1) is 12.9 Å². The van der Waals surface area contributed by atoms with Crippen LogP contribution in [0.1, 0.15) is 35.7 Å². The van der Waals surface area contributed by atoms with Crippen molar-refractivity contribution in [3.8, 4) is 0 Å². The molecule has 0 bridgehead atoms. The zero-order valence-electron chi connectivity index (χ0n) is 11.9. The maximum absolute atomic E-state index is 11.5. The van der Waals surface area contributed by atoms with Gasteiger partial charge in [-0.25, -0.2) is 4.79 Å². The first-order chi connectivity index (χ1) is 9.19. The Kier molecular flexibility index (Phi) is 5.24. The van der Waals surface area contributed by atoms with Crippen molar-refractivity contribution in [2.24, 2.45) is 5.73 Å². The van der Waals surface area contributed by atoms with Crippen LogP contribution in [0.25, 0.3) is 0 Å². The molecular formula is C13H19NO5S. The van der Waals surface area contributed by atoms with E-state index in [2.05, 4.69) is 4.74 Å². The van der Waals surface area contributed by atoms with Crippen LogP contribution in [0.15, 0.2) is 10.5 Å². The number of thioether (sulfide) groups is 1. The summed E-state index contributed by atoms with van der Waals surface area (Å²) < 4.78 is 9.45. The summed E-state index contributed by atoms with van der Waals surface area (Å²) in [7, 11) is 1.30. The third-order valence-corrected chi connectivity index (χ3v) is 4.40. The number of hydrogen-bond donors (Lipinski definition) is 2. The first-order valence-electron chi connectivity index (χ1n) is 5.99. The van der Waals surface area contributed by atoms with Crippen LogP contribution in [0.5, 0.6) is 0 Å². The number of hydrogen-bond acceptors (Lipinski definition) is 6. The van der Waals surface area contributed by atoms with Crippen molar-refractivity contribution < 1.29 is 23.8 Å². The Morgan fingerprint density at radius 1 is 1.55 bits per heavy atom. The average Bonchev–Trinajstić information content (AvgIpc) is 2.76. The van der Waals surface area contributed by atoms with Crippen molar-refractivity contribution in [3.05, 3.63) is 23.2 Å². The molecule has 0 aliphatic rings. The number of aliphatic carboxylic acids is 1. The number of esters is 1. The Morgan fingerprint density at radius 2 is 2.15 bits per heavy atom. The highest BCUT2D eigenvalue weighted by Gasteiger charge is 2.33. The van der Waals surface area contributed by atoms with Crippen molar-refractivity contribution in [2.45, 2.75) is 37.3 Å². The molecule has 3 N–H and O–H groups in total. The third-order valence-electron chi connectivity index (χ3n) is 2.98. The summed E-state index contributed by atoms with van der Waals surface area (Å²) in [6.07, 6.45) is 0. The number of ether oxygens (including phenoxy) is 1. The number of methoxy groups -OCH3 is 1. The number of nitrogens with two attached hydrogens (primary N) is 1. The van der Waals surface area contributed by atoms with Gasteiger partial charge in [-0.1, -0.05) is 0 Å². The highest BCUT2D eigenvalue weighted by atomic mass is 32.2. The van der Waals surface area contributed by atoms with E-state index >= 15 is 0 Å². The maximum atomic E-state index is 11.5. The van der Waals surface area contributed by atoms with E-state index < -0.39 is 22.7 Å². The smallest absolute Gasteiger partial charge is 0.341 e. The molecule has 0 aromatic carbocycles. The first-order valence-corrected chi connectivity index (χ1v) is 6.97. The van der Waals surface area contributed by atoms with E-state index in [-0.39, 0.29) is 0 Å². The number of carboxylic acid groups (broad SMARTS) is 1. The van der Waals surface area contributed by atoms with Crippen LogP contribution < -0.4 is 5.73 Å². The fraction of sp³-hybridized carbons (Fsp3) is 0.538. The normalized spacial score (nSPS) is 13.1. The van der Waals surface area contributed by atoms with Gasteiger partial charge in [0.1, 0.15) is 23.1 Å².